The molecule has 0 aromatic rings. The van der Waals surface area contributed by atoms with Crippen LogP contribution in [0.15, 0.2) is 36.5 Å². The van der Waals surface area contributed by atoms with Crippen molar-refractivity contribution in [2.45, 2.75) is 238 Å². The highest BCUT2D eigenvalue weighted by molar-refractivity contribution is 5.76. The molecule has 0 saturated carbocycles. The van der Waals surface area contributed by atoms with Crippen molar-refractivity contribution >= 4 is 5.91 Å². The van der Waals surface area contributed by atoms with E-state index in [0.29, 0.717) is 6.42 Å². The average Bonchev–Trinajstić information content (AvgIpc) is 3.11. The molecule has 3 atom stereocenters. The van der Waals surface area contributed by atoms with Gasteiger partial charge < -0.3 is 20.6 Å². The molecular formula is C45H85NO4. The molecule has 0 bridgehead atoms. The number of aliphatic hydroxyl groups excluding tert-OH is 3. The summed E-state index contributed by atoms with van der Waals surface area (Å²) in [6, 6.07) is -0.759. The third-order valence-corrected chi connectivity index (χ3v) is 9.90. The largest absolute Gasteiger partial charge is 0.394 e. The summed E-state index contributed by atoms with van der Waals surface area (Å²) in [6.45, 7) is 4.16. The molecule has 0 radical (unpaired) electrons. The third-order valence-electron chi connectivity index (χ3n) is 9.90. The predicted octanol–water partition coefficient (Wildman–Crippen LogP) is 12.4. The first-order valence-corrected chi connectivity index (χ1v) is 21.8. The minimum Gasteiger partial charge on any atom is -0.394 e. The van der Waals surface area contributed by atoms with Gasteiger partial charge >= 0.3 is 0 Å². The Morgan fingerprint density at radius 3 is 1.30 bits per heavy atom. The van der Waals surface area contributed by atoms with Crippen molar-refractivity contribution in [1.29, 1.82) is 0 Å². The van der Waals surface area contributed by atoms with Gasteiger partial charge in [0.15, 0.2) is 0 Å². The number of allylic oxidation sites excluding steroid dienone is 5. The topological polar surface area (TPSA) is 89.8 Å². The second-order valence-corrected chi connectivity index (χ2v) is 14.9. The van der Waals surface area contributed by atoms with E-state index in [1.807, 2.05) is 6.08 Å². The van der Waals surface area contributed by atoms with Crippen LogP contribution in [0.1, 0.15) is 219 Å². The van der Waals surface area contributed by atoms with E-state index in [1.54, 1.807) is 6.08 Å². The zero-order valence-electron chi connectivity index (χ0n) is 33.3. The van der Waals surface area contributed by atoms with Crippen LogP contribution < -0.4 is 5.32 Å². The standard InChI is InChI=1S/C45H85NO4/c1-3-5-7-9-11-13-15-16-17-18-19-20-21-22-23-24-25-26-27-28-29-30-32-34-36-38-42(48)40-45(50)46-43(41-47)44(49)39-37-35-33-31-14-12-10-8-6-4-2/h14,22-23,31,37,39,42-44,47-49H,3-13,15-21,24-30,32-36,38,40-41H2,1-2H3,(H,46,50)/b23-22-,31-14+,39-37+. The number of hydrogen-bond acceptors (Lipinski definition) is 4. The first-order valence-electron chi connectivity index (χ1n) is 21.8. The van der Waals surface area contributed by atoms with Crippen LogP contribution in [0.5, 0.6) is 0 Å². The van der Waals surface area contributed by atoms with Gasteiger partial charge in [-0.2, -0.15) is 0 Å². The number of aliphatic hydroxyl groups is 3. The molecule has 0 heterocycles. The lowest BCUT2D eigenvalue weighted by molar-refractivity contribution is -0.124. The zero-order chi connectivity index (χ0) is 36.6. The van der Waals surface area contributed by atoms with Crippen LogP contribution in [0.4, 0.5) is 0 Å². The second kappa shape index (κ2) is 40.3. The van der Waals surface area contributed by atoms with Gasteiger partial charge in [-0.3, -0.25) is 4.79 Å². The summed E-state index contributed by atoms with van der Waals surface area (Å²) >= 11 is 0. The molecule has 0 saturated heterocycles. The van der Waals surface area contributed by atoms with E-state index in [1.165, 1.54) is 161 Å². The molecule has 5 heteroatoms. The number of rotatable bonds is 39. The second-order valence-electron chi connectivity index (χ2n) is 14.9. The molecular weight excluding hydrogens is 618 g/mol. The van der Waals surface area contributed by atoms with E-state index in [-0.39, 0.29) is 18.9 Å². The van der Waals surface area contributed by atoms with Crippen molar-refractivity contribution in [2.75, 3.05) is 6.61 Å². The molecule has 0 aromatic carbocycles. The summed E-state index contributed by atoms with van der Waals surface area (Å²) in [5.41, 5.74) is 0. The van der Waals surface area contributed by atoms with Gasteiger partial charge in [-0.25, -0.2) is 0 Å². The molecule has 3 unspecified atom stereocenters. The fraction of sp³-hybridized carbons (Fsp3) is 0.844. The summed E-state index contributed by atoms with van der Waals surface area (Å²) in [7, 11) is 0. The Hall–Kier alpha value is -1.43. The van der Waals surface area contributed by atoms with Crippen LogP contribution >= 0.6 is 0 Å². The first kappa shape index (κ1) is 48.6. The summed E-state index contributed by atoms with van der Waals surface area (Å²) in [6.07, 6.45) is 50.2. The van der Waals surface area contributed by atoms with E-state index in [0.717, 1.165) is 32.1 Å². The lowest BCUT2D eigenvalue weighted by Crippen LogP contribution is -2.45. The zero-order valence-corrected chi connectivity index (χ0v) is 33.3. The Kier molecular flexibility index (Phi) is 39.2. The molecule has 1 amide bonds. The summed E-state index contributed by atoms with van der Waals surface area (Å²) in [4.78, 5) is 12.4. The number of hydrogen-bond donors (Lipinski definition) is 4. The molecule has 0 aliphatic carbocycles. The monoisotopic (exact) mass is 704 g/mol. The highest BCUT2D eigenvalue weighted by Crippen LogP contribution is 2.15. The first-order chi connectivity index (χ1) is 24.5. The fourth-order valence-electron chi connectivity index (χ4n) is 6.53. The minimum atomic E-state index is -0.949. The lowest BCUT2D eigenvalue weighted by atomic mass is 10.0. The van der Waals surface area contributed by atoms with Gasteiger partial charge in [0, 0.05) is 0 Å². The van der Waals surface area contributed by atoms with Crippen molar-refractivity contribution in [3.8, 4) is 0 Å². The van der Waals surface area contributed by atoms with Crippen molar-refractivity contribution in [1.82, 2.24) is 5.32 Å². The highest BCUT2D eigenvalue weighted by Gasteiger charge is 2.20. The fourth-order valence-corrected chi connectivity index (χ4v) is 6.53. The Bertz CT molecular complexity index is 779. The van der Waals surface area contributed by atoms with Gasteiger partial charge in [-0.05, 0) is 57.8 Å². The molecule has 0 aromatic heterocycles. The Labute approximate surface area is 311 Å². The number of carbonyl (C=O) groups is 1. The van der Waals surface area contributed by atoms with Gasteiger partial charge in [0.2, 0.25) is 5.91 Å². The Morgan fingerprint density at radius 1 is 0.500 bits per heavy atom. The third kappa shape index (κ3) is 36.4. The molecule has 0 fully saturated rings. The van der Waals surface area contributed by atoms with Crippen molar-refractivity contribution in [2.24, 2.45) is 0 Å². The van der Waals surface area contributed by atoms with Crippen molar-refractivity contribution < 1.29 is 20.1 Å². The maximum Gasteiger partial charge on any atom is 0.222 e. The molecule has 0 aliphatic heterocycles. The van der Waals surface area contributed by atoms with Gasteiger partial charge in [-0.15, -0.1) is 0 Å². The number of unbranched alkanes of at least 4 members (excludes halogenated alkanes) is 26. The van der Waals surface area contributed by atoms with E-state index < -0.39 is 18.2 Å². The number of amides is 1. The summed E-state index contributed by atoms with van der Waals surface area (Å²) < 4.78 is 0. The van der Waals surface area contributed by atoms with Gasteiger partial charge in [0.1, 0.15) is 0 Å². The highest BCUT2D eigenvalue weighted by atomic mass is 16.3. The van der Waals surface area contributed by atoms with Crippen LogP contribution in [-0.4, -0.2) is 46.1 Å². The summed E-state index contributed by atoms with van der Waals surface area (Å²) in [5.74, 6) is -0.329. The maximum atomic E-state index is 12.4. The molecule has 0 aliphatic rings. The van der Waals surface area contributed by atoms with Crippen LogP contribution in [-0.2, 0) is 4.79 Å². The van der Waals surface area contributed by atoms with E-state index in [9.17, 15) is 20.1 Å². The quantitative estimate of drug-likeness (QED) is 0.0379. The molecule has 294 valence electrons. The predicted molar refractivity (Wildman–Crippen MR) is 218 cm³/mol. The Morgan fingerprint density at radius 2 is 0.860 bits per heavy atom. The molecule has 0 rings (SSSR count). The molecule has 0 spiro atoms. The average molecular weight is 704 g/mol. The van der Waals surface area contributed by atoms with Crippen LogP contribution in [0.3, 0.4) is 0 Å². The van der Waals surface area contributed by atoms with E-state index >= 15 is 0 Å². The summed E-state index contributed by atoms with van der Waals surface area (Å²) in [5, 5.41) is 33.0. The van der Waals surface area contributed by atoms with Crippen LogP contribution in [0, 0.1) is 0 Å². The van der Waals surface area contributed by atoms with Crippen molar-refractivity contribution in [3.63, 3.8) is 0 Å². The van der Waals surface area contributed by atoms with E-state index in [4.69, 9.17) is 0 Å². The maximum absolute atomic E-state index is 12.4. The Balaban J connectivity index is 3.60. The normalized spacial score (nSPS) is 13.9. The molecule has 5 nitrogen and oxygen atoms in total. The SMILES string of the molecule is CCCCCC/C=C/CC/C=C/C(O)C(CO)NC(=O)CC(O)CCCCCCCCCCC/C=C\CCCCCCCCCCCCCC. The van der Waals surface area contributed by atoms with Crippen LogP contribution in [0.25, 0.3) is 0 Å². The lowest BCUT2D eigenvalue weighted by Gasteiger charge is -2.21. The minimum absolute atomic E-state index is 0.00454. The van der Waals surface area contributed by atoms with Crippen molar-refractivity contribution in [3.05, 3.63) is 36.5 Å². The van der Waals surface area contributed by atoms with E-state index in [2.05, 4.69) is 43.5 Å². The van der Waals surface area contributed by atoms with Gasteiger partial charge in [-0.1, -0.05) is 192 Å². The van der Waals surface area contributed by atoms with Gasteiger partial charge in [0.05, 0.1) is 31.3 Å². The smallest absolute Gasteiger partial charge is 0.222 e. The van der Waals surface area contributed by atoms with Crippen LogP contribution in [0.2, 0.25) is 0 Å². The molecule has 4 N–H and O–H groups in total. The molecule has 50 heavy (non-hydrogen) atoms. The van der Waals surface area contributed by atoms with Gasteiger partial charge in [0.25, 0.3) is 0 Å². The number of nitrogens with one attached hydrogen (secondary N) is 1. The number of carbonyl (C=O) groups excluding carboxylic acids is 1.